The Hall–Kier alpha value is -2.67. The highest BCUT2D eigenvalue weighted by molar-refractivity contribution is 7.89. The first kappa shape index (κ1) is 30.6. The van der Waals surface area contributed by atoms with E-state index in [1.165, 1.54) is 9.87 Å². The Bertz CT molecular complexity index is 1110. The molecule has 2 aromatic carbocycles. The van der Waals surface area contributed by atoms with E-state index in [-0.39, 0.29) is 18.2 Å². The highest BCUT2D eigenvalue weighted by atomic mass is 35.5. The molecule has 0 bridgehead atoms. The van der Waals surface area contributed by atoms with Gasteiger partial charge in [0.25, 0.3) is 5.91 Å². The number of amides is 1. The van der Waals surface area contributed by atoms with Gasteiger partial charge in [-0.25, -0.2) is 13.2 Å². The number of sulfonamides is 1. The van der Waals surface area contributed by atoms with Gasteiger partial charge in [0.2, 0.25) is 10.0 Å². The van der Waals surface area contributed by atoms with Crippen molar-refractivity contribution in [1.29, 1.82) is 0 Å². The van der Waals surface area contributed by atoms with Crippen LogP contribution in [0.4, 0.5) is 13.2 Å². The summed E-state index contributed by atoms with van der Waals surface area (Å²) in [5.74, 6) is -3.00. The van der Waals surface area contributed by atoms with E-state index in [1.54, 1.807) is 29.2 Å². The minimum absolute atomic E-state index is 0.0718. The van der Waals surface area contributed by atoms with Crippen LogP contribution in [0.5, 0.6) is 0 Å². The molecule has 0 aliphatic carbocycles. The maximum absolute atomic E-state index is 13.1. The monoisotopic (exact) mass is 563 g/mol. The zero-order chi connectivity index (χ0) is 27.5. The fourth-order valence-electron chi connectivity index (χ4n) is 3.49. The molecule has 8 nitrogen and oxygen atoms in total. The molecule has 37 heavy (non-hydrogen) atoms. The average molecular weight is 564 g/mol. The lowest BCUT2D eigenvalue weighted by atomic mass is 10.1. The summed E-state index contributed by atoms with van der Waals surface area (Å²) < 4.78 is 58.7. The molecular formula is C24H29ClF3N3O5S. The molecule has 0 unspecified atom stereocenters. The van der Waals surface area contributed by atoms with E-state index < -0.39 is 22.2 Å². The number of hydrogen-bond acceptors (Lipinski definition) is 5. The van der Waals surface area contributed by atoms with E-state index in [4.69, 9.17) is 21.5 Å². The molecule has 0 atom stereocenters. The minimum atomic E-state index is -5.08. The SMILES string of the molecule is O=C(O)C(F)(F)F.O=C(c1ccc(Cl)cc1)N(CCCc1ccccc1)CCS(=O)(=O)N1CCNCC1. The number of aliphatic carboxylic acids is 1. The molecule has 13 heteroatoms. The Balaban J connectivity index is 0.000000604. The first-order valence-electron chi connectivity index (χ1n) is 11.5. The zero-order valence-electron chi connectivity index (χ0n) is 20.0. The van der Waals surface area contributed by atoms with Crippen molar-refractivity contribution in [3.8, 4) is 0 Å². The van der Waals surface area contributed by atoms with Crippen molar-refractivity contribution < 1.29 is 36.3 Å². The highest BCUT2D eigenvalue weighted by Crippen LogP contribution is 2.14. The van der Waals surface area contributed by atoms with E-state index in [1.807, 2.05) is 18.2 Å². The number of carbonyl (C=O) groups is 2. The highest BCUT2D eigenvalue weighted by Gasteiger charge is 2.38. The molecule has 0 aromatic heterocycles. The number of piperazine rings is 1. The number of benzene rings is 2. The summed E-state index contributed by atoms with van der Waals surface area (Å²) in [6.45, 7) is 2.92. The Kier molecular flexibility index (Phi) is 11.8. The first-order valence-corrected chi connectivity index (χ1v) is 13.5. The molecule has 1 saturated heterocycles. The topological polar surface area (TPSA) is 107 Å². The van der Waals surface area contributed by atoms with E-state index in [9.17, 15) is 26.4 Å². The molecule has 2 aromatic rings. The Morgan fingerprint density at radius 3 is 2.11 bits per heavy atom. The lowest BCUT2D eigenvalue weighted by molar-refractivity contribution is -0.192. The second-order valence-electron chi connectivity index (χ2n) is 8.16. The summed E-state index contributed by atoms with van der Waals surface area (Å²) in [5.41, 5.74) is 1.71. The van der Waals surface area contributed by atoms with Gasteiger partial charge in [0.05, 0.1) is 5.75 Å². The van der Waals surface area contributed by atoms with Crippen LogP contribution in [-0.4, -0.2) is 85.8 Å². The van der Waals surface area contributed by atoms with Crippen molar-refractivity contribution in [2.24, 2.45) is 0 Å². The average Bonchev–Trinajstić information content (AvgIpc) is 2.87. The standard InChI is InChI=1S/C22H28ClN3O3S.C2HF3O2/c23-21-10-8-20(9-11-21)22(27)25(14-4-7-19-5-2-1-3-6-19)17-18-30(28,29)26-15-12-24-13-16-26;3-2(4,5)1(6)7/h1-3,5-6,8-11,24H,4,7,12-18H2;(H,6,7). The second kappa shape index (κ2) is 14.3. The normalized spacial score (nSPS) is 14.4. The number of alkyl halides is 3. The summed E-state index contributed by atoms with van der Waals surface area (Å²) in [5, 5.41) is 10.8. The van der Waals surface area contributed by atoms with Crippen molar-refractivity contribution in [2.75, 3.05) is 45.0 Å². The summed E-state index contributed by atoms with van der Waals surface area (Å²) in [6.07, 6.45) is -3.49. The largest absolute Gasteiger partial charge is 0.490 e. The zero-order valence-corrected chi connectivity index (χ0v) is 21.5. The summed E-state index contributed by atoms with van der Waals surface area (Å²) in [4.78, 5) is 23.6. The molecule has 1 aliphatic heterocycles. The van der Waals surface area contributed by atoms with Gasteiger partial charge in [-0.3, -0.25) is 4.79 Å². The Labute approximate surface area is 219 Å². The van der Waals surface area contributed by atoms with E-state index in [0.717, 1.165) is 12.8 Å². The number of aryl methyl sites for hydroxylation is 1. The van der Waals surface area contributed by atoms with Gasteiger partial charge in [0.15, 0.2) is 0 Å². The van der Waals surface area contributed by atoms with Gasteiger partial charge in [-0.15, -0.1) is 0 Å². The van der Waals surface area contributed by atoms with Gasteiger partial charge in [0, 0.05) is 49.9 Å². The third kappa shape index (κ3) is 10.7. The third-order valence-electron chi connectivity index (χ3n) is 5.45. The molecule has 0 spiro atoms. The van der Waals surface area contributed by atoms with Crippen LogP contribution in [0.1, 0.15) is 22.3 Å². The Morgan fingerprint density at radius 1 is 1.00 bits per heavy atom. The number of rotatable bonds is 9. The summed E-state index contributed by atoms with van der Waals surface area (Å²) in [7, 11) is -3.40. The number of halogens is 4. The summed E-state index contributed by atoms with van der Waals surface area (Å²) >= 11 is 5.94. The van der Waals surface area contributed by atoms with Crippen molar-refractivity contribution in [3.05, 3.63) is 70.7 Å². The van der Waals surface area contributed by atoms with Crippen LogP contribution in [0.3, 0.4) is 0 Å². The van der Waals surface area contributed by atoms with Crippen LogP contribution in [0.2, 0.25) is 5.02 Å². The smallest absolute Gasteiger partial charge is 0.475 e. The lowest BCUT2D eigenvalue weighted by Crippen LogP contribution is -2.48. The second-order valence-corrected chi connectivity index (χ2v) is 10.7. The van der Waals surface area contributed by atoms with Crippen LogP contribution in [-0.2, 0) is 21.2 Å². The van der Waals surface area contributed by atoms with Crippen molar-refractivity contribution in [2.45, 2.75) is 19.0 Å². The number of carboxylic acid groups (broad SMARTS) is 1. The quantitative estimate of drug-likeness (QED) is 0.485. The maximum atomic E-state index is 13.1. The van der Waals surface area contributed by atoms with Crippen molar-refractivity contribution in [1.82, 2.24) is 14.5 Å². The van der Waals surface area contributed by atoms with Gasteiger partial charge < -0.3 is 15.3 Å². The van der Waals surface area contributed by atoms with E-state index >= 15 is 0 Å². The third-order valence-corrected chi connectivity index (χ3v) is 7.55. The molecule has 0 saturated carbocycles. The van der Waals surface area contributed by atoms with E-state index in [2.05, 4.69) is 17.4 Å². The minimum Gasteiger partial charge on any atom is -0.475 e. The molecule has 1 fully saturated rings. The van der Waals surface area contributed by atoms with Crippen LogP contribution in [0.25, 0.3) is 0 Å². The molecule has 1 aliphatic rings. The van der Waals surface area contributed by atoms with Crippen molar-refractivity contribution >= 4 is 33.5 Å². The number of nitrogens with one attached hydrogen (secondary N) is 1. The van der Waals surface area contributed by atoms with Gasteiger partial charge in [0.1, 0.15) is 0 Å². The summed E-state index contributed by atoms with van der Waals surface area (Å²) in [6, 6.07) is 16.8. The van der Waals surface area contributed by atoms with Crippen LogP contribution < -0.4 is 5.32 Å². The molecule has 1 amide bonds. The number of nitrogens with zero attached hydrogens (tertiary/aromatic N) is 2. The molecular weight excluding hydrogens is 535 g/mol. The molecule has 204 valence electrons. The Morgan fingerprint density at radius 2 is 1.57 bits per heavy atom. The van der Waals surface area contributed by atoms with Crippen LogP contribution in [0, 0.1) is 0 Å². The molecule has 3 rings (SSSR count). The van der Waals surface area contributed by atoms with Crippen LogP contribution >= 0.6 is 11.6 Å². The molecule has 2 N–H and O–H groups in total. The predicted molar refractivity (Wildman–Crippen MR) is 134 cm³/mol. The van der Waals surface area contributed by atoms with Gasteiger partial charge in [-0.1, -0.05) is 41.9 Å². The number of carboxylic acids is 1. The predicted octanol–water partition coefficient (Wildman–Crippen LogP) is 3.28. The fraction of sp³-hybridized carbons (Fsp3) is 0.417. The van der Waals surface area contributed by atoms with Gasteiger partial charge >= 0.3 is 12.1 Å². The van der Waals surface area contributed by atoms with E-state index in [0.29, 0.717) is 43.3 Å². The van der Waals surface area contributed by atoms with Gasteiger partial charge in [-0.2, -0.15) is 17.5 Å². The molecule has 1 heterocycles. The molecule has 0 radical (unpaired) electrons. The van der Waals surface area contributed by atoms with Crippen molar-refractivity contribution in [3.63, 3.8) is 0 Å². The number of hydrogen-bond donors (Lipinski definition) is 2. The lowest BCUT2D eigenvalue weighted by Gasteiger charge is -2.28. The number of carbonyl (C=O) groups excluding carboxylic acids is 1. The first-order chi connectivity index (χ1) is 17.4. The maximum Gasteiger partial charge on any atom is 0.490 e. The van der Waals surface area contributed by atoms with Gasteiger partial charge in [-0.05, 0) is 42.7 Å². The fourth-order valence-corrected chi connectivity index (χ4v) is 5.06. The van der Waals surface area contributed by atoms with Crippen LogP contribution in [0.15, 0.2) is 54.6 Å².